The molecule has 2 nitrogen and oxygen atoms in total. The molecule has 16 heavy (non-hydrogen) atoms. The van der Waals surface area contributed by atoms with Gasteiger partial charge in [0, 0.05) is 19.0 Å². The topological polar surface area (TPSA) is 20.3 Å². The zero-order valence-corrected chi connectivity index (χ0v) is 11.0. The minimum absolute atomic E-state index is 0.392. The molecule has 0 unspecified atom stereocenters. The lowest BCUT2D eigenvalue weighted by Crippen LogP contribution is -2.41. The molecule has 0 aliphatic carbocycles. The monoisotopic (exact) mass is 225 g/mol. The SMILES string of the molecule is CCCCCCCC(=O)N1CCCC[C@@H]1C. The van der Waals surface area contributed by atoms with Gasteiger partial charge in [-0.1, -0.05) is 32.6 Å². The third kappa shape index (κ3) is 4.54. The highest BCUT2D eigenvalue weighted by Crippen LogP contribution is 2.18. The van der Waals surface area contributed by atoms with E-state index in [9.17, 15) is 4.79 Å². The van der Waals surface area contributed by atoms with Crippen molar-refractivity contribution in [1.29, 1.82) is 0 Å². The molecule has 1 amide bonds. The van der Waals surface area contributed by atoms with Crippen molar-refractivity contribution in [3.05, 3.63) is 0 Å². The molecule has 0 spiro atoms. The van der Waals surface area contributed by atoms with Crippen molar-refractivity contribution in [2.45, 2.75) is 77.7 Å². The van der Waals surface area contributed by atoms with Crippen molar-refractivity contribution in [2.75, 3.05) is 6.54 Å². The molecule has 2 heteroatoms. The molecule has 0 aromatic heterocycles. The maximum absolute atomic E-state index is 12.0. The number of amides is 1. The lowest BCUT2D eigenvalue weighted by Gasteiger charge is -2.33. The third-order valence-electron chi connectivity index (χ3n) is 3.62. The second-order valence-corrected chi connectivity index (χ2v) is 5.10. The third-order valence-corrected chi connectivity index (χ3v) is 3.62. The summed E-state index contributed by atoms with van der Waals surface area (Å²) in [5.41, 5.74) is 0. The van der Waals surface area contributed by atoms with E-state index in [2.05, 4.69) is 18.7 Å². The molecule has 1 saturated heterocycles. The van der Waals surface area contributed by atoms with E-state index >= 15 is 0 Å². The van der Waals surface area contributed by atoms with Crippen LogP contribution in [-0.2, 0) is 4.79 Å². The Hall–Kier alpha value is -0.530. The Morgan fingerprint density at radius 3 is 2.62 bits per heavy atom. The summed E-state index contributed by atoms with van der Waals surface area (Å²) in [7, 11) is 0. The summed E-state index contributed by atoms with van der Waals surface area (Å²) in [6.07, 6.45) is 10.7. The van der Waals surface area contributed by atoms with Gasteiger partial charge < -0.3 is 4.90 Å². The van der Waals surface area contributed by atoms with E-state index in [1.54, 1.807) is 0 Å². The van der Waals surface area contributed by atoms with Crippen LogP contribution in [0, 0.1) is 0 Å². The molecule has 0 bridgehead atoms. The minimum Gasteiger partial charge on any atom is -0.340 e. The van der Waals surface area contributed by atoms with Crippen LogP contribution in [0.4, 0.5) is 0 Å². The van der Waals surface area contributed by atoms with Crippen molar-refractivity contribution >= 4 is 5.91 Å². The van der Waals surface area contributed by atoms with Gasteiger partial charge in [-0.3, -0.25) is 4.79 Å². The molecule has 1 rings (SSSR count). The van der Waals surface area contributed by atoms with E-state index in [1.807, 2.05) is 0 Å². The van der Waals surface area contributed by atoms with E-state index in [0.717, 1.165) is 19.4 Å². The number of hydrogen-bond acceptors (Lipinski definition) is 1. The predicted molar refractivity (Wildman–Crippen MR) is 68.4 cm³/mol. The van der Waals surface area contributed by atoms with Crippen LogP contribution in [0.15, 0.2) is 0 Å². The zero-order valence-electron chi connectivity index (χ0n) is 11.0. The molecule has 0 aromatic rings. The van der Waals surface area contributed by atoms with Crippen molar-refractivity contribution < 1.29 is 4.79 Å². The molecule has 0 aromatic carbocycles. The fourth-order valence-corrected chi connectivity index (χ4v) is 2.49. The highest BCUT2D eigenvalue weighted by Gasteiger charge is 2.22. The minimum atomic E-state index is 0.392. The number of carbonyl (C=O) groups excluding carboxylic acids is 1. The molecular weight excluding hydrogens is 198 g/mol. The molecule has 1 aliphatic heterocycles. The zero-order chi connectivity index (χ0) is 11.8. The molecule has 1 atom stereocenters. The lowest BCUT2D eigenvalue weighted by molar-refractivity contribution is -0.134. The molecule has 0 saturated carbocycles. The van der Waals surface area contributed by atoms with E-state index in [0.29, 0.717) is 11.9 Å². The van der Waals surface area contributed by atoms with E-state index < -0.39 is 0 Å². The summed E-state index contributed by atoms with van der Waals surface area (Å²) in [5, 5.41) is 0. The summed E-state index contributed by atoms with van der Waals surface area (Å²) in [6, 6.07) is 0.483. The number of nitrogens with zero attached hydrogens (tertiary/aromatic N) is 1. The summed E-state index contributed by atoms with van der Waals surface area (Å²) in [5.74, 6) is 0.392. The predicted octanol–water partition coefficient (Wildman–Crippen LogP) is 3.75. The molecular formula is C14H27NO. The van der Waals surface area contributed by atoms with Crippen LogP contribution < -0.4 is 0 Å². The standard InChI is InChI=1S/C14H27NO/c1-3-4-5-6-7-11-14(16)15-12-9-8-10-13(15)2/h13H,3-12H2,1-2H3/t13-/m0/s1. The summed E-state index contributed by atoms with van der Waals surface area (Å²) in [4.78, 5) is 14.1. The fourth-order valence-electron chi connectivity index (χ4n) is 2.49. The first-order chi connectivity index (χ1) is 7.75. The Kier molecular flexibility index (Phi) is 6.51. The molecule has 94 valence electrons. The van der Waals surface area contributed by atoms with Crippen LogP contribution in [0.2, 0.25) is 0 Å². The Balaban J connectivity index is 2.13. The highest BCUT2D eigenvalue weighted by molar-refractivity contribution is 5.76. The molecule has 0 radical (unpaired) electrons. The van der Waals surface area contributed by atoms with Crippen molar-refractivity contribution in [2.24, 2.45) is 0 Å². The normalized spacial score (nSPS) is 21.1. The number of rotatable bonds is 6. The van der Waals surface area contributed by atoms with Crippen molar-refractivity contribution in [3.63, 3.8) is 0 Å². The number of carbonyl (C=O) groups is 1. The van der Waals surface area contributed by atoms with Gasteiger partial charge in [0.15, 0.2) is 0 Å². The summed E-state index contributed by atoms with van der Waals surface area (Å²) in [6.45, 7) is 5.41. The first-order valence-corrected chi connectivity index (χ1v) is 7.05. The van der Waals surface area contributed by atoms with Gasteiger partial charge >= 0.3 is 0 Å². The summed E-state index contributed by atoms with van der Waals surface area (Å²) < 4.78 is 0. The molecule has 0 N–H and O–H groups in total. The van der Waals surface area contributed by atoms with Gasteiger partial charge in [-0.2, -0.15) is 0 Å². The summed E-state index contributed by atoms with van der Waals surface area (Å²) >= 11 is 0. The van der Waals surface area contributed by atoms with E-state index in [4.69, 9.17) is 0 Å². The van der Waals surface area contributed by atoms with Gasteiger partial charge in [0.1, 0.15) is 0 Å². The van der Waals surface area contributed by atoms with Crippen LogP contribution in [-0.4, -0.2) is 23.4 Å². The van der Waals surface area contributed by atoms with Crippen LogP contribution in [0.5, 0.6) is 0 Å². The Labute approximate surface area is 100 Å². The Morgan fingerprint density at radius 1 is 1.19 bits per heavy atom. The fraction of sp³-hybridized carbons (Fsp3) is 0.929. The Bertz CT molecular complexity index is 203. The van der Waals surface area contributed by atoms with E-state index in [-0.39, 0.29) is 0 Å². The number of hydrogen-bond donors (Lipinski definition) is 0. The molecule has 1 fully saturated rings. The first-order valence-electron chi connectivity index (χ1n) is 7.05. The smallest absolute Gasteiger partial charge is 0.222 e. The van der Waals surface area contributed by atoms with Gasteiger partial charge in [0.25, 0.3) is 0 Å². The number of likely N-dealkylation sites (tertiary alicyclic amines) is 1. The van der Waals surface area contributed by atoms with Gasteiger partial charge in [-0.15, -0.1) is 0 Å². The average molecular weight is 225 g/mol. The second-order valence-electron chi connectivity index (χ2n) is 5.10. The molecule has 1 heterocycles. The lowest BCUT2D eigenvalue weighted by atomic mass is 10.0. The van der Waals surface area contributed by atoms with Gasteiger partial charge in [0.2, 0.25) is 5.91 Å². The molecule has 1 aliphatic rings. The first kappa shape index (κ1) is 13.5. The Morgan fingerprint density at radius 2 is 1.94 bits per heavy atom. The van der Waals surface area contributed by atoms with Crippen LogP contribution in [0.1, 0.15) is 71.6 Å². The average Bonchev–Trinajstić information content (AvgIpc) is 2.29. The maximum Gasteiger partial charge on any atom is 0.222 e. The van der Waals surface area contributed by atoms with Crippen molar-refractivity contribution in [3.8, 4) is 0 Å². The largest absolute Gasteiger partial charge is 0.340 e. The highest BCUT2D eigenvalue weighted by atomic mass is 16.2. The number of unbranched alkanes of at least 4 members (excludes halogenated alkanes) is 4. The second kappa shape index (κ2) is 7.70. The van der Waals surface area contributed by atoms with Gasteiger partial charge in [-0.25, -0.2) is 0 Å². The number of piperidine rings is 1. The quantitative estimate of drug-likeness (QED) is 0.630. The van der Waals surface area contributed by atoms with Crippen LogP contribution in [0.3, 0.4) is 0 Å². The van der Waals surface area contributed by atoms with Crippen LogP contribution in [0.25, 0.3) is 0 Å². The van der Waals surface area contributed by atoms with Crippen LogP contribution >= 0.6 is 0 Å². The maximum atomic E-state index is 12.0. The van der Waals surface area contributed by atoms with Crippen molar-refractivity contribution in [1.82, 2.24) is 4.90 Å². The van der Waals surface area contributed by atoms with Gasteiger partial charge in [0.05, 0.1) is 0 Å². The van der Waals surface area contributed by atoms with Gasteiger partial charge in [-0.05, 0) is 32.6 Å². The van der Waals surface area contributed by atoms with E-state index in [1.165, 1.54) is 44.9 Å².